The Morgan fingerprint density at radius 1 is 1.23 bits per heavy atom. The van der Waals surface area contributed by atoms with E-state index in [1.54, 1.807) is 20.8 Å². The highest BCUT2D eigenvalue weighted by Gasteiger charge is 2.09. The standard InChI is InChI=1S/C10H14O3/c1-6-8(3)13-9(4-5-11)7(2)10(6)12/h11H,4-5H2,1-3H3. The van der Waals surface area contributed by atoms with E-state index in [0.717, 1.165) is 0 Å². The second-order valence-corrected chi connectivity index (χ2v) is 3.13. The van der Waals surface area contributed by atoms with E-state index in [2.05, 4.69) is 0 Å². The summed E-state index contributed by atoms with van der Waals surface area (Å²) in [7, 11) is 0. The van der Waals surface area contributed by atoms with Crippen molar-refractivity contribution in [2.75, 3.05) is 6.61 Å². The first-order valence-electron chi connectivity index (χ1n) is 4.28. The number of rotatable bonds is 2. The number of hydrogen-bond acceptors (Lipinski definition) is 3. The smallest absolute Gasteiger partial charge is 0.191 e. The molecule has 3 heteroatoms. The zero-order chi connectivity index (χ0) is 10.0. The van der Waals surface area contributed by atoms with Crippen LogP contribution in [0.15, 0.2) is 9.21 Å². The van der Waals surface area contributed by atoms with Crippen molar-refractivity contribution in [1.29, 1.82) is 0 Å². The molecule has 0 atom stereocenters. The Bertz CT molecular complexity index is 363. The van der Waals surface area contributed by atoms with Gasteiger partial charge in [0.1, 0.15) is 11.5 Å². The van der Waals surface area contributed by atoms with Gasteiger partial charge in [-0.1, -0.05) is 0 Å². The normalized spacial score (nSPS) is 10.5. The Balaban J connectivity index is 3.32. The average Bonchev–Trinajstić information content (AvgIpc) is 2.11. The summed E-state index contributed by atoms with van der Waals surface area (Å²) >= 11 is 0. The average molecular weight is 182 g/mol. The van der Waals surface area contributed by atoms with Crippen LogP contribution in [-0.4, -0.2) is 11.7 Å². The highest BCUT2D eigenvalue weighted by molar-refractivity contribution is 5.25. The molecule has 72 valence electrons. The number of aryl methyl sites for hydroxylation is 1. The minimum Gasteiger partial charge on any atom is -0.465 e. The van der Waals surface area contributed by atoms with Crippen molar-refractivity contribution in [2.24, 2.45) is 0 Å². The number of hydrogen-bond donors (Lipinski definition) is 1. The van der Waals surface area contributed by atoms with Gasteiger partial charge < -0.3 is 9.52 Å². The molecule has 0 aliphatic heterocycles. The van der Waals surface area contributed by atoms with Crippen LogP contribution in [0.3, 0.4) is 0 Å². The lowest BCUT2D eigenvalue weighted by Gasteiger charge is -2.06. The van der Waals surface area contributed by atoms with Crippen molar-refractivity contribution >= 4 is 0 Å². The molecule has 0 amide bonds. The van der Waals surface area contributed by atoms with Crippen LogP contribution in [0, 0.1) is 20.8 Å². The van der Waals surface area contributed by atoms with Gasteiger partial charge in [0.2, 0.25) is 0 Å². The fraction of sp³-hybridized carbons (Fsp3) is 0.500. The fourth-order valence-corrected chi connectivity index (χ4v) is 1.25. The Morgan fingerprint density at radius 3 is 2.38 bits per heavy atom. The maximum absolute atomic E-state index is 11.5. The largest absolute Gasteiger partial charge is 0.465 e. The molecule has 0 bridgehead atoms. The first-order chi connectivity index (χ1) is 6.07. The molecule has 1 N–H and O–H groups in total. The van der Waals surface area contributed by atoms with E-state index < -0.39 is 0 Å². The highest BCUT2D eigenvalue weighted by atomic mass is 16.3. The van der Waals surface area contributed by atoms with E-state index in [1.807, 2.05) is 0 Å². The lowest BCUT2D eigenvalue weighted by atomic mass is 10.1. The van der Waals surface area contributed by atoms with Crippen LogP contribution in [0.1, 0.15) is 22.6 Å². The summed E-state index contributed by atoms with van der Waals surface area (Å²) in [5.41, 5.74) is 1.28. The summed E-state index contributed by atoms with van der Waals surface area (Å²) in [6.45, 7) is 5.24. The van der Waals surface area contributed by atoms with E-state index in [9.17, 15) is 4.79 Å². The number of aliphatic hydroxyl groups excluding tert-OH is 1. The molecule has 1 heterocycles. The predicted octanol–water partition coefficient (Wildman–Crippen LogP) is 1.10. The van der Waals surface area contributed by atoms with Crippen molar-refractivity contribution in [1.82, 2.24) is 0 Å². The summed E-state index contributed by atoms with van der Waals surface area (Å²) in [5.74, 6) is 1.23. The van der Waals surface area contributed by atoms with E-state index in [1.165, 1.54) is 0 Å². The van der Waals surface area contributed by atoms with Crippen LogP contribution in [0.25, 0.3) is 0 Å². The Morgan fingerprint density at radius 2 is 1.85 bits per heavy atom. The molecule has 0 unspecified atom stereocenters. The van der Waals surface area contributed by atoms with Gasteiger partial charge in [0, 0.05) is 17.5 Å². The summed E-state index contributed by atoms with van der Waals surface area (Å²) < 4.78 is 5.40. The molecular weight excluding hydrogens is 168 g/mol. The van der Waals surface area contributed by atoms with Gasteiger partial charge in [-0.05, 0) is 20.8 Å². The maximum atomic E-state index is 11.5. The zero-order valence-corrected chi connectivity index (χ0v) is 8.18. The van der Waals surface area contributed by atoms with Gasteiger partial charge in [-0.2, -0.15) is 0 Å². The molecule has 0 radical (unpaired) electrons. The summed E-state index contributed by atoms with van der Waals surface area (Å²) in [6.07, 6.45) is 0.405. The van der Waals surface area contributed by atoms with Crippen LogP contribution >= 0.6 is 0 Å². The molecule has 0 saturated carbocycles. The first-order valence-corrected chi connectivity index (χ1v) is 4.28. The molecule has 3 nitrogen and oxygen atoms in total. The van der Waals surface area contributed by atoms with Crippen LogP contribution < -0.4 is 5.43 Å². The summed E-state index contributed by atoms with van der Waals surface area (Å²) in [5, 5.41) is 8.73. The molecule has 0 spiro atoms. The van der Waals surface area contributed by atoms with Crippen molar-refractivity contribution in [3.63, 3.8) is 0 Å². The second-order valence-electron chi connectivity index (χ2n) is 3.13. The van der Waals surface area contributed by atoms with Crippen molar-refractivity contribution in [3.05, 3.63) is 32.9 Å². The minimum absolute atomic E-state index is 0.00623. The second kappa shape index (κ2) is 3.75. The van der Waals surface area contributed by atoms with Crippen LogP contribution in [0.2, 0.25) is 0 Å². The summed E-state index contributed by atoms with van der Waals surface area (Å²) in [6, 6.07) is 0. The first kappa shape index (κ1) is 9.99. The summed E-state index contributed by atoms with van der Waals surface area (Å²) in [4.78, 5) is 11.5. The van der Waals surface area contributed by atoms with Crippen molar-refractivity contribution in [3.8, 4) is 0 Å². The predicted molar refractivity (Wildman–Crippen MR) is 50.0 cm³/mol. The molecule has 0 fully saturated rings. The van der Waals surface area contributed by atoms with Crippen molar-refractivity contribution in [2.45, 2.75) is 27.2 Å². The van der Waals surface area contributed by atoms with Crippen LogP contribution in [-0.2, 0) is 6.42 Å². The highest BCUT2D eigenvalue weighted by Crippen LogP contribution is 2.10. The van der Waals surface area contributed by atoms with Gasteiger partial charge >= 0.3 is 0 Å². The van der Waals surface area contributed by atoms with Gasteiger partial charge in [-0.25, -0.2) is 0 Å². The van der Waals surface area contributed by atoms with Gasteiger partial charge in [0.25, 0.3) is 0 Å². The van der Waals surface area contributed by atoms with Gasteiger partial charge in [-0.3, -0.25) is 4.79 Å². The fourth-order valence-electron chi connectivity index (χ4n) is 1.25. The quantitative estimate of drug-likeness (QED) is 0.745. The Kier molecular flexibility index (Phi) is 2.88. The zero-order valence-electron chi connectivity index (χ0n) is 8.18. The van der Waals surface area contributed by atoms with E-state index >= 15 is 0 Å². The SMILES string of the molecule is Cc1oc(CCO)c(C)c(=O)c1C. The third-order valence-corrected chi connectivity index (χ3v) is 2.24. The third kappa shape index (κ3) is 1.80. The molecule has 0 saturated heterocycles. The molecular formula is C10H14O3. The topological polar surface area (TPSA) is 50.4 Å². The number of aliphatic hydroxyl groups is 1. The van der Waals surface area contributed by atoms with E-state index in [0.29, 0.717) is 29.1 Å². The molecule has 1 aromatic rings. The Hall–Kier alpha value is -1.09. The molecule has 13 heavy (non-hydrogen) atoms. The minimum atomic E-state index is 0.00623. The van der Waals surface area contributed by atoms with E-state index in [-0.39, 0.29) is 12.0 Å². The van der Waals surface area contributed by atoms with Gasteiger partial charge in [-0.15, -0.1) is 0 Å². The van der Waals surface area contributed by atoms with Gasteiger partial charge in [0.15, 0.2) is 5.43 Å². The molecule has 1 aromatic heterocycles. The molecule has 0 aliphatic carbocycles. The van der Waals surface area contributed by atoms with Crippen LogP contribution in [0.4, 0.5) is 0 Å². The van der Waals surface area contributed by atoms with Gasteiger partial charge in [0.05, 0.1) is 6.61 Å². The molecule has 1 rings (SSSR count). The lowest BCUT2D eigenvalue weighted by Crippen LogP contribution is -2.14. The monoisotopic (exact) mass is 182 g/mol. The van der Waals surface area contributed by atoms with Crippen LogP contribution in [0.5, 0.6) is 0 Å². The third-order valence-electron chi connectivity index (χ3n) is 2.24. The molecule has 0 aromatic carbocycles. The van der Waals surface area contributed by atoms with Crippen molar-refractivity contribution < 1.29 is 9.52 Å². The Labute approximate surface area is 77.0 Å². The lowest BCUT2D eigenvalue weighted by molar-refractivity contribution is 0.283. The van der Waals surface area contributed by atoms with E-state index in [4.69, 9.17) is 9.52 Å². The molecule has 0 aliphatic rings. The maximum Gasteiger partial charge on any atom is 0.191 e.